The summed E-state index contributed by atoms with van der Waals surface area (Å²) in [5.41, 5.74) is 1.64. The zero-order valence-electron chi connectivity index (χ0n) is 18.4. The predicted octanol–water partition coefficient (Wildman–Crippen LogP) is 4.54. The van der Waals surface area contributed by atoms with Crippen LogP contribution in [-0.4, -0.2) is 41.2 Å². The minimum Gasteiger partial charge on any atom is -0.465 e. The van der Waals surface area contributed by atoms with E-state index in [4.69, 9.17) is 4.74 Å². The topological polar surface area (TPSA) is 49.8 Å². The molecule has 0 bridgehead atoms. The molecule has 0 spiro atoms. The molecule has 0 heterocycles. The Labute approximate surface area is 175 Å². The van der Waals surface area contributed by atoms with E-state index >= 15 is 0 Å². The smallest absolute Gasteiger partial charge is 0.321 e. The number of carbonyl (C=O) groups excluding carboxylic acids is 1. The van der Waals surface area contributed by atoms with Crippen LogP contribution in [0.25, 0.3) is 0 Å². The van der Waals surface area contributed by atoms with Gasteiger partial charge in [-0.15, -0.1) is 0 Å². The Bertz CT molecular complexity index is 765. The molecule has 29 heavy (non-hydrogen) atoms. The fourth-order valence-corrected chi connectivity index (χ4v) is 4.11. The van der Waals surface area contributed by atoms with Crippen molar-refractivity contribution in [3.63, 3.8) is 0 Å². The molecule has 0 radical (unpaired) electrons. The van der Waals surface area contributed by atoms with Crippen molar-refractivity contribution in [2.75, 3.05) is 13.2 Å². The van der Waals surface area contributed by atoms with Crippen LogP contribution in [0.1, 0.15) is 57.7 Å². The van der Waals surface area contributed by atoms with Crippen molar-refractivity contribution in [1.29, 1.82) is 0 Å². The van der Waals surface area contributed by atoms with Crippen molar-refractivity contribution < 1.29 is 14.6 Å². The molecule has 4 nitrogen and oxygen atoms in total. The maximum Gasteiger partial charge on any atom is 0.321 e. The first-order valence-electron chi connectivity index (χ1n) is 10.6. The Morgan fingerprint density at radius 2 is 1.62 bits per heavy atom. The Morgan fingerprint density at radius 1 is 1.00 bits per heavy atom. The highest BCUT2D eigenvalue weighted by molar-refractivity contribution is 5.87. The number of aliphatic hydroxyl groups is 1. The molecule has 1 unspecified atom stereocenters. The lowest BCUT2D eigenvalue weighted by molar-refractivity contribution is -0.149. The molecule has 2 aromatic rings. The van der Waals surface area contributed by atoms with E-state index in [-0.39, 0.29) is 12.6 Å². The average Bonchev–Trinajstić information content (AvgIpc) is 2.71. The van der Waals surface area contributed by atoms with E-state index in [0.29, 0.717) is 25.1 Å². The number of carbonyl (C=O) groups is 1. The van der Waals surface area contributed by atoms with Gasteiger partial charge < -0.3 is 9.84 Å². The van der Waals surface area contributed by atoms with Gasteiger partial charge in [0.1, 0.15) is 5.41 Å². The summed E-state index contributed by atoms with van der Waals surface area (Å²) < 4.78 is 5.62. The number of hydrogen-bond acceptors (Lipinski definition) is 4. The Hall–Kier alpha value is -2.17. The summed E-state index contributed by atoms with van der Waals surface area (Å²) >= 11 is 0. The third-order valence-corrected chi connectivity index (χ3v) is 5.56. The molecule has 1 atom stereocenters. The SMILES string of the molecule is CCOC(=O)C(CCN(C(C)C)C(C)C)(c1ccccc1)c1cccc(CO)c1. The lowest BCUT2D eigenvalue weighted by Crippen LogP contribution is -2.45. The van der Waals surface area contributed by atoms with E-state index in [1.807, 2.05) is 61.5 Å². The number of aliphatic hydroxyl groups excluding tert-OH is 1. The van der Waals surface area contributed by atoms with Crippen molar-refractivity contribution in [1.82, 2.24) is 4.90 Å². The molecular formula is C25H35NO3. The van der Waals surface area contributed by atoms with Gasteiger partial charge in [-0.3, -0.25) is 9.69 Å². The van der Waals surface area contributed by atoms with E-state index in [1.165, 1.54) is 0 Å². The first kappa shape index (κ1) is 23.1. The van der Waals surface area contributed by atoms with Crippen molar-refractivity contribution in [3.05, 3.63) is 71.3 Å². The number of ether oxygens (including phenoxy) is 1. The molecule has 0 saturated carbocycles. The minimum absolute atomic E-state index is 0.0638. The Kier molecular flexibility index (Phi) is 8.42. The third-order valence-electron chi connectivity index (χ3n) is 5.56. The standard InChI is InChI=1S/C25H35NO3/c1-6-29-24(28)25(22-12-8-7-9-13-22,15-16-26(19(2)3)20(4)5)23-14-10-11-21(17-23)18-27/h7-14,17,19-20,27H,6,15-16,18H2,1-5H3. The predicted molar refractivity (Wildman–Crippen MR) is 118 cm³/mol. The van der Waals surface area contributed by atoms with Crippen LogP contribution in [0.4, 0.5) is 0 Å². The zero-order valence-corrected chi connectivity index (χ0v) is 18.4. The normalized spacial score (nSPS) is 13.7. The van der Waals surface area contributed by atoms with E-state index < -0.39 is 5.41 Å². The van der Waals surface area contributed by atoms with Crippen LogP contribution in [0.2, 0.25) is 0 Å². The molecule has 1 N–H and O–H groups in total. The second kappa shape index (κ2) is 10.6. The minimum atomic E-state index is -0.926. The average molecular weight is 398 g/mol. The molecule has 2 rings (SSSR count). The highest BCUT2D eigenvalue weighted by Crippen LogP contribution is 2.38. The summed E-state index contributed by atoms with van der Waals surface area (Å²) in [6, 6.07) is 18.3. The molecule has 0 aromatic heterocycles. The summed E-state index contributed by atoms with van der Waals surface area (Å²) in [4.78, 5) is 15.9. The first-order valence-corrected chi connectivity index (χ1v) is 10.6. The lowest BCUT2D eigenvalue weighted by Gasteiger charge is -2.37. The Morgan fingerprint density at radius 3 is 2.17 bits per heavy atom. The van der Waals surface area contributed by atoms with E-state index in [0.717, 1.165) is 23.2 Å². The summed E-state index contributed by atoms with van der Waals surface area (Å²) in [6.45, 7) is 11.6. The van der Waals surface area contributed by atoms with Crippen LogP contribution in [0.5, 0.6) is 0 Å². The fourth-order valence-electron chi connectivity index (χ4n) is 4.11. The highest BCUT2D eigenvalue weighted by atomic mass is 16.5. The van der Waals surface area contributed by atoms with Gasteiger partial charge in [0.15, 0.2) is 0 Å². The van der Waals surface area contributed by atoms with Gasteiger partial charge in [0.2, 0.25) is 0 Å². The molecule has 0 aliphatic heterocycles. The maximum absolute atomic E-state index is 13.5. The summed E-state index contributed by atoms with van der Waals surface area (Å²) in [7, 11) is 0. The lowest BCUT2D eigenvalue weighted by atomic mass is 9.71. The monoisotopic (exact) mass is 397 g/mol. The van der Waals surface area contributed by atoms with Gasteiger partial charge in [-0.05, 0) is 57.7 Å². The number of benzene rings is 2. The molecule has 0 aliphatic rings. The molecule has 0 fully saturated rings. The highest BCUT2D eigenvalue weighted by Gasteiger charge is 2.44. The van der Waals surface area contributed by atoms with Crippen LogP contribution in [-0.2, 0) is 21.6 Å². The second-order valence-corrected chi connectivity index (χ2v) is 8.03. The van der Waals surface area contributed by atoms with Crippen LogP contribution < -0.4 is 0 Å². The van der Waals surface area contributed by atoms with Crippen LogP contribution >= 0.6 is 0 Å². The van der Waals surface area contributed by atoms with Crippen LogP contribution in [0, 0.1) is 0 Å². The van der Waals surface area contributed by atoms with Gasteiger partial charge in [0.05, 0.1) is 13.2 Å². The van der Waals surface area contributed by atoms with Gasteiger partial charge in [-0.1, -0.05) is 54.6 Å². The first-order chi connectivity index (χ1) is 13.9. The maximum atomic E-state index is 13.5. The van der Waals surface area contributed by atoms with E-state index in [9.17, 15) is 9.90 Å². The zero-order chi connectivity index (χ0) is 21.4. The molecule has 4 heteroatoms. The quantitative estimate of drug-likeness (QED) is 0.598. The number of esters is 1. The molecular weight excluding hydrogens is 362 g/mol. The van der Waals surface area contributed by atoms with Gasteiger partial charge >= 0.3 is 5.97 Å². The summed E-state index contributed by atoms with van der Waals surface area (Å²) in [5, 5.41) is 9.68. The van der Waals surface area contributed by atoms with Crippen LogP contribution in [0.15, 0.2) is 54.6 Å². The second-order valence-electron chi connectivity index (χ2n) is 8.03. The largest absolute Gasteiger partial charge is 0.465 e. The van der Waals surface area contributed by atoms with E-state index in [2.05, 4.69) is 32.6 Å². The molecule has 2 aromatic carbocycles. The summed E-state index contributed by atoms with van der Waals surface area (Å²) in [6.07, 6.45) is 0.598. The third kappa shape index (κ3) is 5.26. The van der Waals surface area contributed by atoms with Gasteiger partial charge in [-0.2, -0.15) is 0 Å². The van der Waals surface area contributed by atoms with Crippen molar-refractivity contribution in [2.24, 2.45) is 0 Å². The van der Waals surface area contributed by atoms with E-state index in [1.54, 1.807) is 0 Å². The molecule has 0 saturated heterocycles. The number of rotatable bonds is 10. The van der Waals surface area contributed by atoms with Crippen LogP contribution in [0.3, 0.4) is 0 Å². The number of hydrogen-bond donors (Lipinski definition) is 1. The van der Waals surface area contributed by atoms with Crippen molar-refractivity contribution in [3.8, 4) is 0 Å². The number of nitrogens with zero attached hydrogens (tertiary/aromatic N) is 1. The molecule has 0 amide bonds. The van der Waals surface area contributed by atoms with Gasteiger partial charge in [0.25, 0.3) is 0 Å². The van der Waals surface area contributed by atoms with Gasteiger partial charge in [-0.25, -0.2) is 0 Å². The van der Waals surface area contributed by atoms with Crippen molar-refractivity contribution >= 4 is 5.97 Å². The summed E-state index contributed by atoms with van der Waals surface area (Å²) in [5.74, 6) is -0.242. The Balaban J connectivity index is 2.64. The fraction of sp³-hybridized carbons (Fsp3) is 0.480. The van der Waals surface area contributed by atoms with Gasteiger partial charge in [0, 0.05) is 18.6 Å². The molecule has 0 aliphatic carbocycles. The molecule has 158 valence electrons. The van der Waals surface area contributed by atoms with Crippen molar-refractivity contribution in [2.45, 2.75) is 65.1 Å².